The highest BCUT2D eigenvalue weighted by atomic mass is 32.2. The number of carbonyl (C=O) groups is 1. The number of para-hydroxylation sites is 1. The Morgan fingerprint density at radius 3 is 2.49 bits per heavy atom. The van der Waals surface area contributed by atoms with Gasteiger partial charge in [0.15, 0.2) is 16.7 Å². The lowest BCUT2D eigenvalue weighted by atomic mass is 9.85. The molecule has 0 radical (unpaired) electrons. The van der Waals surface area contributed by atoms with Gasteiger partial charge in [-0.3, -0.25) is 19.8 Å². The predicted octanol–water partition coefficient (Wildman–Crippen LogP) is 7.76. The van der Waals surface area contributed by atoms with Crippen LogP contribution in [0.1, 0.15) is 50.7 Å². The predicted molar refractivity (Wildman–Crippen MR) is 162 cm³/mol. The number of rotatable bonds is 9. The van der Waals surface area contributed by atoms with Crippen LogP contribution in [0, 0.1) is 16.0 Å². The van der Waals surface area contributed by atoms with Crippen molar-refractivity contribution in [1.29, 1.82) is 0 Å². The van der Waals surface area contributed by atoms with E-state index in [0.29, 0.717) is 28.9 Å². The fraction of sp³-hybridized carbons (Fsp3) is 0.312. The second-order valence-electron chi connectivity index (χ2n) is 10.2. The molecule has 2 fully saturated rings. The van der Waals surface area contributed by atoms with Gasteiger partial charge in [0.2, 0.25) is 0 Å². The highest BCUT2D eigenvalue weighted by Crippen LogP contribution is 2.41. The summed E-state index contributed by atoms with van der Waals surface area (Å²) in [7, 11) is 0. The van der Waals surface area contributed by atoms with Crippen LogP contribution in [0.25, 0.3) is 6.08 Å². The van der Waals surface area contributed by atoms with Crippen molar-refractivity contribution in [3.63, 3.8) is 0 Å². The van der Waals surface area contributed by atoms with Gasteiger partial charge in [-0.1, -0.05) is 44.0 Å². The fourth-order valence-corrected chi connectivity index (χ4v) is 6.22. The van der Waals surface area contributed by atoms with Gasteiger partial charge in [-0.05, 0) is 91.0 Å². The first kappa shape index (κ1) is 28.4. The van der Waals surface area contributed by atoms with Crippen LogP contribution in [-0.2, 0) is 11.4 Å². The molecule has 3 aromatic rings. The Balaban J connectivity index is 1.39. The molecule has 0 N–H and O–H groups in total. The molecule has 0 spiro atoms. The summed E-state index contributed by atoms with van der Waals surface area (Å²) in [6.45, 7) is 4.81. The van der Waals surface area contributed by atoms with Crippen LogP contribution >= 0.6 is 11.8 Å². The normalized spacial score (nSPS) is 20.9. The van der Waals surface area contributed by atoms with E-state index < -0.39 is 4.92 Å². The SMILES string of the molecule is CCOc1cc(/C=C2\SC(=Nc3ccccc3)N([C@@H]3CCCC[C@@H]3C)C2=O)ccc1OCc1ccc([N+](=O)[O-])cc1. The van der Waals surface area contributed by atoms with Gasteiger partial charge in [0.05, 0.1) is 22.1 Å². The molecule has 8 nitrogen and oxygen atoms in total. The summed E-state index contributed by atoms with van der Waals surface area (Å²) in [5.41, 5.74) is 2.49. The van der Waals surface area contributed by atoms with Crippen LogP contribution in [-0.4, -0.2) is 33.5 Å². The zero-order valence-electron chi connectivity index (χ0n) is 23.2. The summed E-state index contributed by atoms with van der Waals surface area (Å²) in [6, 6.07) is 21.7. The third-order valence-corrected chi connectivity index (χ3v) is 8.31. The summed E-state index contributed by atoms with van der Waals surface area (Å²) in [4.78, 5) is 31.7. The topological polar surface area (TPSA) is 94.3 Å². The first-order valence-corrected chi connectivity index (χ1v) is 14.7. The number of amidine groups is 1. The van der Waals surface area contributed by atoms with E-state index in [2.05, 4.69) is 6.92 Å². The quantitative estimate of drug-likeness (QED) is 0.148. The van der Waals surface area contributed by atoms with Crippen molar-refractivity contribution in [3.05, 3.63) is 98.9 Å². The lowest BCUT2D eigenvalue weighted by molar-refractivity contribution is -0.384. The van der Waals surface area contributed by atoms with Gasteiger partial charge in [0.1, 0.15) is 6.61 Å². The Morgan fingerprint density at radius 1 is 1.02 bits per heavy atom. The lowest BCUT2D eigenvalue weighted by Gasteiger charge is -2.35. The van der Waals surface area contributed by atoms with Crippen LogP contribution in [0.4, 0.5) is 11.4 Å². The molecule has 1 saturated carbocycles. The zero-order chi connectivity index (χ0) is 28.8. The van der Waals surface area contributed by atoms with Gasteiger partial charge in [0.25, 0.3) is 11.6 Å². The maximum atomic E-state index is 13.8. The number of carbonyl (C=O) groups excluding carboxylic acids is 1. The maximum absolute atomic E-state index is 13.8. The molecule has 2 atom stereocenters. The van der Waals surface area contributed by atoms with Gasteiger partial charge >= 0.3 is 0 Å². The number of nitrogens with zero attached hydrogens (tertiary/aromatic N) is 3. The Morgan fingerprint density at radius 2 is 1.78 bits per heavy atom. The van der Waals surface area contributed by atoms with Gasteiger partial charge in [-0.25, -0.2) is 4.99 Å². The van der Waals surface area contributed by atoms with Gasteiger partial charge in [-0.15, -0.1) is 0 Å². The summed E-state index contributed by atoms with van der Waals surface area (Å²) >= 11 is 1.41. The summed E-state index contributed by atoms with van der Waals surface area (Å²) in [5, 5.41) is 11.6. The molecule has 212 valence electrons. The molecular weight excluding hydrogens is 538 g/mol. The Kier molecular flexibility index (Phi) is 9.04. The van der Waals surface area contributed by atoms with Crippen molar-refractivity contribution in [1.82, 2.24) is 4.90 Å². The minimum Gasteiger partial charge on any atom is -0.490 e. The molecule has 5 rings (SSSR count). The molecule has 1 aliphatic carbocycles. The van der Waals surface area contributed by atoms with E-state index in [-0.39, 0.29) is 24.2 Å². The molecule has 2 aliphatic rings. The third-order valence-electron chi connectivity index (χ3n) is 7.32. The number of hydrogen-bond donors (Lipinski definition) is 0. The molecular formula is C32H33N3O5S. The van der Waals surface area contributed by atoms with E-state index in [1.807, 2.05) is 66.4 Å². The van der Waals surface area contributed by atoms with Crippen molar-refractivity contribution in [2.45, 2.75) is 52.2 Å². The number of nitro groups is 1. The van der Waals surface area contributed by atoms with E-state index in [4.69, 9.17) is 14.5 Å². The number of aliphatic imine (C=N–C) groups is 1. The largest absolute Gasteiger partial charge is 0.490 e. The second kappa shape index (κ2) is 13.0. The molecule has 1 amide bonds. The molecule has 0 bridgehead atoms. The standard InChI is InChI=1S/C32H33N3O5S/c1-3-39-29-19-24(15-18-28(29)40-21-23-13-16-26(17-14-23)35(37)38)20-30-31(36)34(27-12-8-7-9-22(27)2)32(41-30)33-25-10-5-4-6-11-25/h4-6,10-11,13-20,22,27H,3,7-9,12,21H2,1-2H3/b30-20-,33-32?/t22-,27+/m0/s1. The van der Waals surface area contributed by atoms with E-state index in [9.17, 15) is 14.9 Å². The molecule has 41 heavy (non-hydrogen) atoms. The average molecular weight is 572 g/mol. The zero-order valence-corrected chi connectivity index (χ0v) is 24.0. The Bertz CT molecular complexity index is 1460. The second-order valence-corrected chi connectivity index (χ2v) is 11.2. The van der Waals surface area contributed by atoms with Crippen LogP contribution in [0.2, 0.25) is 0 Å². The van der Waals surface area contributed by atoms with Crippen molar-refractivity contribution >= 4 is 40.3 Å². The van der Waals surface area contributed by atoms with Crippen molar-refractivity contribution in [3.8, 4) is 11.5 Å². The van der Waals surface area contributed by atoms with Gasteiger partial charge in [-0.2, -0.15) is 0 Å². The van der Waals surface area contributed by atoms with Crippen LogP contribution in [0.5, 0.6) is 11.5 Å². The Labute approximate surface area is 244 Å². The summed E-state index contributed by atoms with van der Waals surface area (Å²) in [6.07, 6.45) is 6.28. The van der Waals surface area contributed by atoms with Crippen molar-refractivity contribution in [2.75, 3.05) is 6.61 Å². The van der Waals surface area contributed by atoms with Gasteiger partial charge < -0.3 is 9.47 Å². The number of non-ortho nitro benzene ring substituents is 1. The number of benzene rings is 3. The first-order valence-electron chi connectivity index (χ1n) is 13.9. The molecule has 1 aliphatic heterocycles. The minimum absolute atomic E-state index is 0.0140. The highest BCUT2D eigenvalue weighted by Gasteiger charge is 2.41. The van der Waals surface area contributed by atoms with Crippen LogP contribution in [0.15, 0.2) is 82.7 Å². The van der Waals surface area contributed by atoms with E-state index >= 15 is 0 Å². The number of nitro benzene ring substituents is 1. The lowest BCUT2D eigenvalue weighted by Crippen LogP contribution is -2.44. The molecule has 0 aromatic heterocycles. The highest BCUT2D eigenvalue weighted by molar-refractivity contribution is 8.18. The average Bonchev–Trinajstić information content (AvgIpc) is 3.27. The fourth-order valence-electron chi connectivity index (χ4n) is 5.18. The number of thioether (sulfide) groups is 1. The molecule has 1 heterocycles. The third kappa shape index (κ3) is 6.79. The summed E-state index contributed by atoms with van der Waals surface area (Å²) in [5.74, 6) is 1.52. The van der Waals surface area contributed by atoms with Gasteiger partial charge in [0, 0.05) is 18.2 Å². The van der Waals surface area contributed by atoms with Crippen LogP contribution < -0.4 is 9.47 Å². The Hall–Kier alpha value is -4.11. The smallest absolute Gasteiger partial charge is 0.269 e. The molecule has 3 aromatic carbocycles. The molecule has 9 heteroatoms. The minimum atomic E-state index is -0.427. The van der Waals surface area contributed by atoms with Crippen LogP contribution in [0.3, 0.4) is 0 Å². The molecule has 0 unspecified atom stereocenters. The van der Waals surface area contributed by atoms with E-state index in [1.165, 1.54) is 30.3 Å². The number of ether oxygens (including phenoxy) is 2. The summed E-state index contributed by atoms with van der Waals surface area (Å²) < 4.78 is 11.9. The monoisotopic (exact) mass is 571 g/mol. The van der Waals surface area contributed by atoms with E-state index in [1.54, 1.807) is 12.1 Å². The first-order chi connectivity index (χ1) is 19.9. The van der Waals surface area contributed by atoms with Crippen molar-refractivity contribution < 1.29 is 19.2 Å². The number of amides is 1. The maximum Gasteiger partial charge on any atom is 0.269 e. The molecule has 1 saturated heterocycles. The van der Waals surface area contributed by atoms with E-state index in [0.717, 1.165) is 41.2 Å². The van der Waals surface area contributed by atoms with Crippen molar-refractivity contribution in [2.24, 2.45) is 10.9 Å². The number of hydrogen-bond acceptors (Lipinski definition) is 7.